The lowest BCUT2D eigenvalue weighted by atomic mass is 10.1. The van der Waals surface area contributed by atoms with Crippen molar-refractivity contribution in [3.05, 3.63) is 41.3 Å². The summed E-state index contributed by atoms with van der Waals surface area (Å²) in [5, 5.41) is 0.534. The van der Waals surface area contributed by atoms with E-state index in [2.05, 4.69) is 0 Å². The van der Waals surface area contributed by atoms with Crippen LogP contribution in [-0.4, -0.2) is 29.7 Å². The summed E-state index contributed by atoms with van der Waals surface area (Å²) in [6, 6.07) is 7.67. The van der Waals surface area contributed by atoms with Gasteiger partial charge in [0.2, 0.25) is 0 Å². The van der Waals surface area contributed by atoms with Crippen molar-refractivity contribution in [1.82, 2.24) is 0 Å². The molecule has 1 unspecified atom stereocenters. The van der Waals surface area contributed by atoms with Crippen LogP contribution in [-0.2, 0) is 19.7 Å². The van der Waals surface area contributed by atoms with Gasteiger partial charge in [0.05, 0.1) is 17.8 Å². The Morgan fingerprint density at radius 3 is 2.62 bits per heavy atom. The summed E-state index contributed by atoms with van der Waals surface area (Å²) in [5.74, 6) is -0.151. The van der Waals surface area contributed by atoms with Crippen molar-refractivity contribution in [3.63, 3.8) is 0 Å². The van der Waals surface area contributed by atoms with E-state index in [-0.39, 0.29) is 14.7 Å². The third-order valence-electron chi connectivity index (χ3n) is 3.42. The Morgan fingerprint density at radius 2 is 2.00 bits per heavy atom. The van der Waals surface area contributed by atoms with E-state index >= 15 is 0 Å². The van der Waals surface area contributed by atoms with Gasteiger partial charge in [-0.05, 0) is 23.6 Å². The van der Waals surface area contributed by atoms with E-state index in [1.807, 2.05) is 0 Å². The molecule has 3 rings (SSSR count). The SMILES string of the molecule is COc1cccc2c1C(S(=O)(=O)c1cccs1)CS2(=O)=O. The van der Waals surface area contributed by atoms with Gasteiger partial charge in [0, 0.05) is 5.56 Å². The fraction of sp³-hybridized carbons (Fsp3) is 0.231. The topological polar surface area (TPSA) is 77.5 Å². The van der Waals surface area contributed by atoms with Crippen molar-refractivity contribution in [2.45, 2.75) is 14.4 Å². The molecule has 0 aliphatic carbocycles. The number of ether oxygens (including phenoxy) is 1. The van der Waals surface area contributed by atoms with Crippen LogP contribution in [0.15, 0.2) is 44.8 Å². The Labute approximate surface area is 127 Å². The fourth-order valence-electron chi connectivity index (χ4n) is 2.47. The first-order valence-corrected chi connectivity index (χ1v) is 10.1. The molecule has 0 amide bonds. The van der Waals surface area contributed by atoms with Crippen LogP contribution in [0, 0.1) is 0 Å². The highest BCUT2D eigenvalue weighted by Gasteiger charge is 2.45. The largest absolute Gasteiger partial charge is 0.496 e. The third kappa shape index (κ3) is 2.18. The van der Waals surface area contributed by atoms with Gasteiger partial charge in [-0.15, -0.1) is 11.3 Å². The van der Waals surface area contributed by atoms with Gasteiger partial charge in [-0.25, -0.2) is 16.8 Å². The molecule has 5 nitrogen and oxygen atoms in total. The number of methoxy groups -OCH3 is 1. The van der Waals surface area contributed by atoms with E-state index in [0.717, 1.165) is 11.3 Å². The predicted octanol–water partition coefficient (Wildman–Crippen LogP) is 2.06. The van der Waals surface area contributed by atoms with Crippen LogP contribution in [0.2, 0.25) is 0 Å². The van der Waals surface area contributed by atoms with E-state index in [1.54, 1.807) is 23.6 Å². The van der Waals surface area contributed by atoms with Crippen LogP contribution in [0.3, 0.4) is 0 Å². The number of hydrogen-bond acceptors (Lipinski definition) is 6. The first kappa shape index (κ1) is 14.6. The van der Waals surface area contributed by atoms with Crippen LogP contribution in [0.25, 0.3) is 0 Å². The molecular weight excluding hydrogens is 332 g/mol. The normalized spacial score (nSPS) is 20.1. The van der Waals surface area contributed by atoms with E-state index < -0.39 is 30.7 Å². The van der Waals surface area contributed by atoms with E-state index in [1.165, 1.54) is 19.2 Å². The molecule has 21 heavy (non-hydrogen) atoms. The number of rotatable bonds is 3. The summed E-state index contributed by atoms with van der Waals surface area (Å²) in [5.41, 5.74) is 0.244. The molecule has 1 aromatic carbocycles. The highest BCUT2D eigenvalue weighted by molar-refractivity contribution is 7.97. The summed E-state index contributed by atoms with van der Waals surface area (Å²) < 4.78 is 55.2. The number of sulfone groups is 2. The zero-order valence-electron chi connectivity index (χ0n) is 11.0. The first-order chi connectivity index (χ1) is 9.88. The maximum Gasteiger partial charge on any atom is 0.195 e. The molecule has 1 aliphatic rings. The van der Waals surface area contributed by atoms with Crippen molar-refractivity contribution >= 4 is 31.0 Å². The van der Waals surface area contributed by atoms with E-state index in [9.17, 15) is 16.8 Å². The lowest BCUT2D eigenvalue weighted by molar-refractivity contribution is 0.408. The zero-order valence-corrected chi connectivity index (χ0v) is 13.5. The molecule has 0 spiro atoms. The minimum atomic E-state index is -3.75. The standard InChI is InChI=1S/C13H12O5S3/c1-18-9-4-2-5-10-13(9)11(8-20(10,14)15)21(16,17)12-6-3-7-19-12/h2-7,11H,8H2,1H3. The maximum absolute atomic E-state index is 12.7. The van der Waals surface area contributed by atoms with Gasteiger partial charge >= 0.3 is 0 Å². The Balaban J connectivity index is 2.26. The average Bonchev–Trinajstić information content (AvgIpc) is 3.06. The van der Waals surface area contributed by atoms with Gasteiger partial charge < -0.3 is 4.74 Å². The van der Waals surface area contributed by atoms with Crippen molar-refractivity contribution in [2.24, 2.45) is 0 Å². The molecule has 112 valence electrons. The lowest BCUT2D eigenvalue weighted by Gasteiger charge is -2.13. The number of hydrogen-bond donors (Lipinski definition) is 0. The van der Waals surface area contributed by atoms with Gasteiger partial charge in [0.25, 0.3) is 0 Å². The van der Waals surface area contributed by atoms with Crippen molar-refractivity contribution in [3.8, 4) is 5.75 Å². The second-order valence-corrected chi connectivity index (χ2v) is 9.93. The molecule has 0 radical (unpaired) electrons. The molecule has 0 fully saturated rings. The smallest absolute Gasteiger partial charge is 0.195 e. The fourth-order valence-corrected chi connectivity index (χ4v) is 8.01. The second kappa shape index (κ2) is 4.82. The molecule has 1 aliphatic heterocycles. The molecular formula is C13H12O5S3. The van der Waals surface area contributed by atoms with Crippen molar-refractivity contribution in [1.29, 1.82) is 0 Å². The number of fused-ring (bicyclic) bond motifs is 1. The molecule has 0 saturated carbocycles. The van der Waals surface area contributed by atoms with Crippen molar-refractivity contribution < 1.29 is 21.6 Å². The Morgan fingerprint density at radius 1 is 1.24 bits per heavy atom. The number of thiophene rings is 1. The highest BCUT2D eigenvalue weighted by Crippen LogP contribution is 2.46. The van der Waals surface area contributed by atoms with E-state index in [0.29, 0.717) is 5.75 Å². The second-order valence-electron chi connectivity index (χ2n) is 4.62. The van der Waals surface area contributed by atoms with Gasteiger partial charge in [0.1, 0.15) is 15.2 Å². The quantitative estimate of drug-likeness (QED) is 0.852. The van der Waals surface area contributed by atoms with Gasteiger partial charge in [-0.1, -0.05) is 12.1 Å². The summed E-state index contributed by atoms with van der Waals surface area (Å²) in [4.78, 5) is 0.0481. The summed E-state index contributed by atoms with van der Waals surface area (Å²) in [7, 11) is -5.97. The molecule has 2 aromatic rings. The summed E-state index contributed by atoms with van der Waals surface area (Å²) >= 11 is 1.08. The van der Waals surface area contributed by atoms with Crippen molar-refractivity contribution in [2.75, 3.05) is 12.9 Å². The monoisotopic (exact) mass is 344 g/mol. The third-order valence-corrected chi connectivity index (χ3v) is 8.93. The number of benzene rings is 1. The minimum absolute atomic E-state index is 0.0481. The summed E-state index contributed by atoms with van der Waals surface area (Å²) in [6.45, 7) is 0. The summed E-state index contributed by atoms with van der Waals surface area (Å²) in [6.07, 6.45) is 0. The van der Waals surface area contributed by atoms with Crippen LogP contribution < -0.4 is 4.74 Å². The molecule has 2 heterocycles. The Bertz CT molecular complexity index is 880. The minimum Gasteiger partial charge on any atom is -0.496 e. The van der Waals surface area contributed by atoms with E-state index in [4.69, 9.17) is 4.74 Å². The molecule has 0 saturated heterocycles. The highest BCUT2D eigenvalue weighted by atomic mass is 32.2. The van der Waals surface area contributed by atoms with Gasteiger partial charge in [-0.3, -0.25) is 0 Å². The Hall–Kier alpha value is -1.38. The maximum atomic E-state index is 12.7. The molecule has 0 bridgehead atoms. The molecule has 8 heteroatoms. The average molecular weight is 344 g/mol. The molecule has 0 N–H and O–H groups in total. The van der Waals surface area contributed by atoms with Crippen LogP contribution in [0.5, 0.6) is 5.75 Å². The zero-order chi connectivity index (χ0) is 15.3. The first-order valence-electron chi connectivity index (χ1n) is 6.05. The Kier molecular flexibility index (Phi) is 3.34. The van der Waals surface area contributed by atoms with Gasteiger partial charge in [0.15, 0.2) is 19.7 Å². The predicted molar refractivity (Wildman–Crippen MR) is 79.3 cm³/mol. The van der Waals surface area contributed by atoms with Gasteiger partial charge in [-0.2, -0.15) is 0 Å². The van der Waals surface area contributed by atoms with Crippen LogP contribution in [0.1, 0.15) is 10.8 Å². The van der Waals surface area contributed by atoms with Crippen LogP contribution in [0.4, 0.5) is 0 Å². The van der Waals surface area contributed by atoms with Crippen LogP contribution >= 0.6 is 11.3 Å². The lowest BCUT2D eigenvalue weighted by Crippen LogP contribution is -2.15. The molecule has 1 aromatic heterocycles. The molecule has 1 atom stereocenters.